The summed E-state index contributed by atoms with van der Waals surface area (Å²) in [4.78, 5) is -0.496. The van der Waals surface area contributed by atoms with Crippen molar-refractivity contribution in [2.75, 3.05) is 18.9 Å². The first-order chi connectivity index (χ1) is 9.09. The normalized spacial score (nSPS) is 12.7. The lowest BCUT2D eigenvalue weighted by atomic mass is 9.90. The highest BCUT2D eigenvalue weighted by Crippen LogP contribution is 2.27. The molecule has 0 fully saturated rings. The number of nitrogens with two attached hydrogens (primary N) is 1. The fraction of sp³-hybridized carbons (Fsp3) is 0.500. The van der Waals surface area contributed by atoms with Crippen molar-refractivity contribution in [3.8, 4) is 0 Å². The zero-order chi connectivity index (χ0) is 15.6. The molecular weight excluding hydrogens is 351 g/mol. The lowest BCUT2D eigenvalue weighted by Crippen LogP contribution is -2.35. The predicted octanol–water partition coefficient (Wildman–Crippen LogP) is 1.86. The molecular formula is C12H18BrFN2O3S. The van der Waals surface area contributed by atoms with Crippen molar-refractivity contribution in [2.45, 2.75) is 25.2 Å². The van der Waals surface area contributed by atoms with Gasteiger partial charge in [-0.25, -0.2) is 17.5 Å². The second kappa shape index (κ2) is 6.38. The average Bonchev–Trinajstić information content (AvgIpc) is 2.31. The summed E-state index contributed by atoms with van der Waals surface area (Å²) in [6.45, 7) is 3.64. The van der Waals surface area contributed by atoms with Gasteiger partial charge in [0, 0.05) is 18.8 Å². The third-order valence-electron chi connectivity index (χ3n) is 2.84. The van der Waals surface area contributed by atoms with E-state index in [1.165, 1.54) is 6.07 Å². The summed E-state index contributed by atoms with van der Waals surface area (Å²) in [6, 6.07) is 2.37. The smallest absolute Gasteiger partial charge is 0.243 e. The van der Waals surface area contributed by atoms with Crippen molar-refractivity contribution in [3.05, 3.63) is 22.4 Å². The second-order valence-corrected chi connectivity index (χ2v) is 7.87. The minimum absolute atomic E-state index is 0.00695. The minimum Gasteiger partial charge on any atom is -0.399 e. The summed E-state index contributed by atoms with van der Waals surface area (Å²) in [5.74, 6) is -0.883. The molecule has 20 heavy (non-hydrogen) atoms. The maximum Gasteiger partial charge on any atom is 0.243 e. The standard InChI is InChI=1S/C12H18BrFN2O3S/c1-12(2,3-4-17)7-16-20(18,19)10-6-8(15)5-9(13)11(10)14/h5-6,16-17H,3-4,7,15H2,1-2H3. The number of hydrogen-bond donors (Lipinski definition) is 3. The predicted molar refractivity (Wildman–Crippen MR) is 79.2 cm³/mol. The van der Waals surface area contributed by atoms with Gasteiger partial charge in [-0.1, -0.05) is 13.8 Å². The van der Waals surface area contributed by atoms with Crippen LogP contribution < -0.4 is 10.5 Å². The Morgan fingerprint density at radius 1 is 1.45 bits per heavy atom. The molecule has 0 radical (unpaired) electrons. The first kappa shape index (κ1) is 17.4. The van der Waals surface area contributed by atoms with Crippen molar-refractivity contribution in [3.63, 3.8) is 0 Å². The minimum atomic E-state index is -4.00. The number of anilines is 1. The first-order valence-electron chi connectivity index (χ1n) is 5.94. The van der Waals surface area contributed by atoms with E-state index >= 15 is 0 Å². The second-order valence-electron chi connectivity index (χ2n) is 5.28. The lowest BCUT2D eigenvalue weighted by Gasteiger charge is -2.23. The Kier molecular flexibility index (Phi) is 5.54. The molecule has 0 unspecified atom stereocenters. The fourth-order valence-corrected chi connectivity index (χ4v) is 3.52. The van der Waals surface area contributed by atoms with Crippen molar-refractivity contribution >= 4 is 31.6 Å². The highest BCUT2D eigenvalue weighted by atomic mass is 79.9. The number of nitrogens with one attached hydrogen (secondary N) is 1. The van der Waals surface area contributed by atoms with Crippen LogP contribution in [0, 0.1) is 11.2 Å². The van der Waals surface area contributed by atoms with Crippen LogP contribution in [0.15, 0.2) is 21.5 Å². The van der Waals surface area contributed by atoms with E-state index in [1.807, 2.05) is 0 Å². The van der Waals surface area contributed by atoms with Crippen LogP contribution in [0.2, 0.25) is 0 Å². The molecule has 1 aromatic rings. The van der Waals surface area contributed by atoms with Crippen LogP contribution in [0.4, 0.5) is 10.1 Å². The highest BCUT2D eigenvalue weighted by molar-refractivity contribution is 9.10. The third kappa shape index (κ3) is 4.41. The zero-order valence-electron chi connectivity index (χ0n) is 11.3. The SMILES string of the molecule is CC(C)(CCO)CNS(=O)(=O)c1cc(N)cc(Br)c1F. The molecule has 0 bridgehead atoms. The molecule has 0 aliphatic carbocycles. The summed E-state index contributed by atoms with van der Waals surface area (Å²) >= 11 is 2.92. The summed E-state index contributed by atoms with van der Waals surface area (Å²) in [7, 11) is -4.00. The molecule has 5 nitrogen and oxygen atoms in total. The van der Waals surface area contributed by atoms with E-state index in [-0.39, 0.29) is 23.3 Å². The van der Waals surface area contributed by atoms with E-state index in [0.29, 0.717) is 6.42 Å². The van der Waals surface area contributed by atoms with Gasteiger partial charge in [0.05, 0.1) is 4.47 Å². The van der Waals surface area contributed by atoms with Crippen LogP contribution >= 0.6 is 15.9 Å². The number of sulfonamides is 1. The molecule has 0 saturated heterocycles. The molecule has 0 heterocycles. The zero-order valence-corrected chi connectivity index (χ0v) is 13.7. The number of nitrogen functional groups attached to an aromatic ring is 1. The Morgan fingerprint density at radius 2 is 2.05 bits per heavy atom. The van der Waals surface area contributed by atoms with E-state index in [0.717, 1.165) is 6.07 Å². The van der Waals surface area contributed by atoms with E-state index in [4.69, 9.17) is 10.8 Å². The lowest BCUT2D eigenvalue weighted by molar-refractivity contribution is 0.213. The van der Waals surface area contributed by atoms with Gasteiger partial charge >= 0.3 is 0 Å². The van der Waals surface area contributed by atoms with Crippen LogP contribution in [0.25, 0.3) is 0 Å². The molecule has 0 spiro atoms. The van der Waals surface area contributed by atoms with Crippen LogP contribution in [0.3, 0.4) is 0 Å². The first-order valence-corrected chi connectivity index (χ1v) is 8.22. The number of aliphatic hydroxyl groups excluding tert-OH is 1. The van der Waals surface area contributed by atoms with Crippen molar-refractivity contribution in [1.29, 1.82) is 0 Å². The van der Waals surface area contributed by atoms with Gasteiger partial charge in [-0.3, -0.25) is 0 Å². The maximum absolute atomic E-state index is 13.9. The maximum atomic E-state index is 13.9. The van der Waals surface area contributed by atoms with E-state index in [1.54, 1.807) is 13.8 Å². The molecule has 8 heteroatoms. The van der Waals surface area contributed by atoms with Crippen molar-refractivity contribution in [1.82, 2.24) is 4.72 Å². The summed E-state index contributed by atoms with van der Waals surface area (Å²) < 4.78 is 40.5. The van der Waals surface area contributed by atoms with E-state index < -0.39 is 26.2 Å². The summed E-state index contributed by atoms with van der Waals surface area (Å²) in [5, 5.41) is 8.91. The largest absolute Gasteiger partial charge is 0.399 e. The molecule has 114 valence electrons. The molecule has 0 aliphatic heterocycles. The van der Waals surface area contributed by atoms with Gasteiger partial charge in [0.1, 0.15) is 4.90 Å². The summed E-state index contributed by atoms with van der Waals surface area (Å²) in [6.07, 6.45) is 0.429. The quantitative estimate of drug-likeness (QED) is 0.668. The Hall–Kier alpha value is -0.700. The Morgan fingerprint density at radius 3 is 2.60 bits per heavy atom. The molecule has 0 atom stereocenters. The molecule has 1 aromatic carbocycles. The van der Waals surface area contributed by atoms with Crippen LogP contribution in [-0.4, -0.2) is 26.7 Å². The molecule has 1 rings (SSSR count). The Balaban J connectivity index is 3.01. The highest BCUT2D eigenvalue weighted by Gasteiger charge is 2.25. The van der Waals surface area contributed by atoms with Gasteiger partial charge in [0.2, 0.25) is 10.0 Å². The van der Waals surface area contributed by atoms with Crippen molar-refractivity contribution in [2.24, 2.45) is 5.41 Å². The third-order valence-corrected chi connectivity index (χ3v) is 4.81. The fourth-order valence-electron chi connectivity index (χ4n) is 1.54. The summed E-state index contributed by atoms with van der Waals surface area (Å²) in [5.41, 5.74) is 5.24. The monoisotopic (exact) mass is 368 g/mol. The average molecular weight is 369 g/mol. The Bertz CT molecular complexity index is 591. The number of aliphatic hydroxyl groups is 1. The van der Waals surface area contributed by atoms with Gasteiger partial charge in [-0.15, -0.1) is 0 Å². The van der Waals surface area contributed by atoms with Gasteiger partial charge in [0.15, 0.2) is 5.82 Å². The molecule has 0 aromatic heterocycles. The van der Waals surface area contributed by atoms with E-state index in [2.05, 4.69) is 20.7 Å². The molecule has 0 amide bonds. The molecule has 0 aliphatic rings. The van der Waals surface area contributed by atoms with Gasteiger partial charge in [-0.05, 0) is 39.9 Å². The number of rotatable bonds is 6. The Labute approximate surface area is 126 Å². The topological polar surface area (TPSA) is 92.4 Å². The van der Waals surface area contributed by atoms with Crippen LogP contribution in [0.5, 0.6) is 0 Å². The van der Waals surface area contributed by atoms with Crippen molar-refractivity contribution < 1.29 is 17.9 Å². The van der Waals surface area contributed by atoms with Gasteiger partial charge in [0.25, 0.3) is 0 Å². The number of halogens is 2. The van der Waals surface area contributed by atoms with Gasteiger partial charge < -0.3 is 10.8 Å². The molecule has 4 N–H and O–H groups in total. The van der Waals surface area contributed by atoms with Gasteiger partial charge in [-0.2, -0.15) is 0 Å². The number of hydrogen-bond acceptors (Lipinski definition) is 4. The number of benzene rings is 1. The van der Waals surface area contributed by atoms with Crippen LogP contribution in [0.1, 0.15) is 20.3 Å². The van der Waals surface area contributed by atoms with E-state index in [9.17, 15) is 12.8 Å². The van der Waals surface area contributed by atoms with Crippen LogP contribution in [-0.2, 0) is 10.0 Å². The molecule has 0 saturated carbocycles.